The molecule has 1 fully saturated rings. The Morgan fingerprint density at radius 1 is 1.45 bits per heavy atom. The monoisotopic (exact) mass is 279 g/mol. The van der Waals surface area contributed by atoms with Gasteiger partial charge in [0.1, 0.15) is 5.75 Å². The number of carboxylic acid groups (broad SMARTS) is 1. The highest BCUT2D eigenvalue weighted by Crippen LogP contribution is 2.21. The highest BCUT2D eigenvalue weighted by Gasteiger charge is 2.33. The van der Waals surface area contributed by atoms with Gasteiger partial charge in [-0.1, -0.05) is 6.07 Å². The van der Waals surface area contributed by atoms with Gasteiger partial charge in [0.05, 0.1) is 20.3 Å². The average Bonchev–Trinajstić information content (AvgIpc) is 2.47. The van der Waals surface area contributed by atoms with Crippen molar-refractivity contribution in [2.24, 2.45) is 0 Å². The van der Waals surface area contributed by atoms with Crippen LogP contribution in [0.15, 0.2) is 18.2 Å². The quantitative estimate of drug-likeness (QED) is 0.890. The SMILES string of the molecule is COc1cc(C(=O)N2CCOCC2C(=O)O)ccc1C. The zero-order valence-electron chi connectivity index (χ0n) is 11.5. The number of methoxy groups -OCH3 is 1. The summed E-state index contributed by atoms with van der Waals surface area (Å²) in [6.45, 7) is 2.51. The summed E-state index contributed by atoms with van der Waals surface area (Å²) in [5.74, 6) is -0.771. The lowest BCUT2D eigenvalue weighted by atomic mass is 10.1. The molecule has 6 heteroatoms. The first kappa shape index (κ1) is 14.3. The van der Waals surface area contributed by atoms with Gasteiger partial charge in [-0.15, -0.1) is 0 Å². The standard InChI is InChI=1S/C14H17NO5/c1-9-3-4-10(7-12(9)19-2)13(16)15-5-6-20-8-11(15)14(17)18/h3-4,7,11H,5-6,8H2,1-2H3,(H,17,18). The first-order valence-corrected chi connectivity index (χ1v) is 6.30. The molecular formula is C14H17NO5. The van der Waals surface area contributed by atoms with Gasteiger partial charge in [0.25, 0.3) is 5.91 Å². The van der Waals surface area contributed by atoms with Crippen LogP contribution in [0.1, 0.15) is 15.9 Å². The molecule has 1 amide bonds. The second-order valence-corrected chi connectivity index (χ2v) is 4.61. The van der Waals surface area contributed by atoms with E-state index >= 15 is 0 Å². The maximum absolute atomic E-state index is 12.4. The van der Waals surface area contributed by atoms with E-state index in [2.05, 4.69) is 0 Å². The number of carboxylic acids is 1. The Kier molecular flexibility index (Phi) is 4.24. The van der Waals surface area contributed by atoms with Crippen molar-refractivity contribution < 1.29 is 24.2 Å². The molecule has 1 aromatic carbocycles. The molecule has 6 nitrogen and oxygen atoms in total. The van der Waals surface area contributed by atoms with Crippen molar-refractivity contribution in [3.63, 3.8) is 0 Å². The van der Waals surface area contributed by atoms with Crippen LogP contribution in [-0.4, -0.2) is 54.8 Å². The van der Waals surface area contributed by atoms with Crippen molar-refractivity contribution in [1.29, 1.82) is 0 Å². The number of carbonyl (C=O) groups excluding carboxylic acids is 1. The number of benzene rings is 1. The summed E-state index contributed by atoms with van der Waals surface area (Å²) < 4.78 is 10.3. The van der Waals surface area contributed by atoms with E-state index < -0.39 is 12.0 Å². The number of amides is 1. The third-order valence-electron chi connectivity index (χ3n) is 3.33. The van der Waals surface area contributed by atoms with Gasteiger partial charge in [0, 0.05) is 12.1 Å². The van der Waals surface area contributed by atoms with E-state index in [0.29, 0.717) is 17.9 Å². The largest absolute Gasteiger partial charge is 0.496 e. The van der Waals surface area contributed by atoms with Crippen molar-refractivity contribution in [2.45, 2.75) is 13.0 Å². The lowest BCUT2D eigenvalue weighted by Crippen LogP contribution is -2.52. The third kappa shape index (κ3) is 2.75. The fourth-order valence-electron chi connectivity index (χ4n) is 2.17. The summed E-state index contributed by atoms with van der Waals surface area (Å²) in [6.07, 6.45) is 0. The molecule has 0 spiro atoms. The second kappa shape index (κ2) is 5.92. The van der Waals surface area contributed by atoms with E-state index in [4.69, 9.17) is 14.6 Å². The van der Waals surface area contributed by atoms with Crippen molar-refractivity contribution in [3.05, 3.63) is 29.3 Å². The van der Waals surface area contributed by atoms with Gasteiger partial charge in [0.15, 0.2) is 6.04 Å². The molecular weight excluding hydrogens is 262 g/mol. The first-order valence-electron chi connectivity index (χ1n) is 6.30. The zero-order chi connectivity index (χ0) is 14.7. The van der Waals surface area contributed by atoms with Crippen LogP contribution in [0, 0.1) is 6.92 Å². The highest BCUT2D eigenvalue weighted by atomic mass is 16.5. The molecule has 1 unspecified atom stereocenters. The van der Waals surface area contributed by atoms with Crippen LogP contribution in [0.2, 0.25) is 0 Å². The molecule has 1 saturated heterocycles. The summed E-state index contributed by atoms with van der Waals surface area (Å²) in [4.78, 5) is 25.0. The number of aliphatic carboxylic acids is 1. The van der Waals surface area contributed by atoms with Crippen LogP contribution in [-0.2, 0) is 9.53 Å². The molecule has 1 aliphatic rings. The van der Waals surface area contributed by atoms with E-state index in [1.165, 1.54) is 12.0 Å². The van der Waals surface area contributed by atoms with E-state index in [9.17, 15) is 9.59 Å². The summed E-state index contributed by atoms with van der Waals surface area (Å²) in [7, 11) is 1.53. The predicted octanol–water partition coefficient (Wildman–Crippen LogP) is 0.929. The molecule has 108 valence electrons. The topological polar surface area (TPSA) is 76.1 Å². The molecule has 20 heavy (non-hydrogen) atoms. The lowest BCUT2D eigenvalue weighted by molar-refractivity contribution is -0.147. The van der Waals surface area contributed by atoms with Crippen molar-refractivity contribution >= 4 is 11.9 Å². The Labute approximate surface area is 116 Å². The number of hydrogen-bond donors (Lipinski definition) is 1. The normalized spacial score (nSPS) is 18.7. The zero-order valence-corrected chi connectivity index (χ0v) is 11.5. The van der Waals surface area contributed by atoms with Gasteiger partial charge in [-0.25, -0.2) is 4.79 Å². The molecule has 1 aromatic rings. The Balaban J connectivity index is 2.27. The minimum atomic E-state index is -1.06. The summed E-state index contributed by atoms with van der Waals surface area (Å²) in [5, 5.41) is 9.15. The summed E-state index contributed by atoms with van der Waals surface area (Å²) >= 11 is 0. The maximum Gasteiger partial charge on any atom is 0.328 e. The Bertz CT molecular complexity index is 528. The van der Waals surface area contributed by atoms with E-state index in [0.717, 1.165) is 5.56 Å². The predicted molar refractivity (Wildman–Crippen MR) is 71.0 cm³/mol. The maximum atomic E-state index is 12.4. The fourth-order valence-corrected chi connectivity index (χ4v) is 2.17. The molecule has 0 saturated carbocycles. The molecule has 0 aliphatic carbocycles. The summed E-state index contributed by atoms with van der Waals surface area (Å²) in [6, 6.07) is 4.15. The van der Waals surface area contributed by atoms with Crippen LogP contribution in [0.3, 0.4) is 0 Å². The molecule has 1 aliphatic heterocycles. The smallest absolute Gasteiger partial charge is 0.328 e. The Hall–Kier alpha value is -2.08. The second-order valence-electron chi connectivity index (χ2n) is 4.61. The van der Waals surface area contributed by atoms with Gasteiger partial charge in [0.2, 0.25) is 0 Å². The number of carbonyl (C=O) groups is 2. The number of ether oxygens (including phenoxy) is 2. The van der Waals surface area contributed by atoms with Gasteiger partial charge < -0.3 is 19.5 Å². The average molecular weight is 279 g/mol. The fraction of sp³-hybridized carbons (Fsp3) is 0.429. The van der Waals surface area contributed by atoms with Crippen LogP contribution >= 0.6 is 0 Å². The first-order chi connectivity index (χ1) is 9.54. The van der Waals surface area contributed by atoms with Gasteiger partial charge in [-0.3, -0.25) is 4.79 Å². The lowest BCUT2D eigenvalue weighted by Gasteiger charge is -2.33. The van der Waals surface area contributed by atoms with Crippen LogP contribution in [0.25, 0.3) is 0 Å². The number of hydrogen-bond acceptors (Lipinski definition) is 4. The van der Waals surface area contributed by atoms with Crippen LogP contribution < -0.4 is 4.74 Å². The molecule has 1 heterocycles. The molecule has 1 atom stereocenters. The number of morpholine rings is 1. The number of aryl methyl sites for hydroxylation is 1. The van der Waals surface area contributed by atoms with Gasteiger partial charge in [-0.2, -0.15) is 0 Å². The van der Waals surface area contributed by atoms with Gasteiger partial charge >= 0.3 is 5.97 Å². The molecule has 1 N–H and O–H groups in total. The Morgan fingerprint density at radius 2 is 2.20 bits per heavy atom. The number of nitrogens with zero attached hydrogens (tertiary/aromatic N) is 1. The Morgan fingerprint density at radius 3 is 2.85 bits per heavy atom. The third-order valence-corrected chi connectivity index (χ3v) is 3.33. The van der Waals surface area contributed by atoms with Crippen LogP contribution in [0.4, 0.5) is 0 Å². The van der Waals surface area contributed by atoms with E-state index in [1.54, 1.807) is 18.2 Å². The van der Waals surface area contributed by atoms with Gasteiger partial charge in [-0.05, 0) is 24.6 Å². The molecule has 2 rings (SSSR count). The molecule has 0 aromatic heterocycles. The van der Waals surface area contributed by atoms with Crippen LogP contribution in [0.5, 0.6) is 5.75 Å². The highest BCUT2D eigenvalue weighted by molar-refractivity contribution is 5.97. The van der Waals surface area contributed by atoms with E-state index in [-0.39, 0.29) is 19.1 Å². The van der Waals surface area contributed by atoms with Crippen molar-refractivity contribution in [2.75, 3.05) is 26.9 Å². The van der Waals surface area contributed by atoms with Crippen molar-refractivity contribution in [1.82, 2.24) is 4.90 Å². The van der Waals surface area contributed by atoms with Crippen molar-refractivity contribution in [3.8, 4) is 5.75 Å². The minimum Gasteiger partial charge on any atom is -0.496 e. The number of rotatable bonds is 3. The van der Waals surface area contributed by atoms with E-state index in [1.807, 2.05) is 6.92 Å². The molecule has 0 radical (unpaired) electrons. The summed E-state index contributed by atoms with van der Waals surface area (Å²) in [5.41, 5.74) is 1.33. The molecule has 0 bridgehead atoms. The minimum absolute atomic E-state index is 0.0179.